The van der Waals surface area contributed by atoms with Crippen LogP contribution in [-0.4, -0.2) is 32.1 Å². The number of carbonyl (C=O) groups is 2. The van der Waals surface area contributed by atoms with Crippen LogP contribution in [0.1, 0.15) is 21.5 Å². The second-order valence-corrected chi connectivity index (χ2v) is 7.02. The van der Waals surface area contributed by atoms with Gasteiger partial charge in [0, 0.05) is 24.1 Å². The van der Waals surface area contributed by atoms with Crippen molar-refractivity contribution in [2.45, 2.75) is 11.8 Å². The summed E-state index contributed by atoms with van der Waals surface area (Å²) in [6.45, 7) is 2.91. The summed E-state index contributed by atoms with van der Waals surface area (Å²) < 4.78 is 4.92. The van der Waals surface area contributed by atoms with Crippen LogP contribution in [0.5, 0.6) is 0 Å². The van der Waals surface area contributed by atoms with E-state index in [0.29, 0.717) is 29.3 Å². The SMILES string of the molecule is COCCNC(=O)c1ccc2c(c1)NC(=O)/C(=C\c1cccc(C)c1)S2. The molecule has 0 radical (unpaired) electrons. The molecule has 0 bridgehead atoms. The van der Waals surface area contributed by atoms with Crippen LogP contribution in [0.15, 0.2) is 52.3 Å². The van der Waals surface area contributed by atoms with Crippen molar-refractivity contribution < 1.29 is 14.3 Å². The zero-order valence-corrected chi connectivity index (χ0v) is 15.5. The molecule has 2 N–H and O–H groups in total. The Hall–Kier alpha value is -2.57. The molecule has 0 spiro atoms. The quantitative estimate of drug-likeness (QED) is 0.627. The van der Waals surface area contributed by atoms with E-state index in [-0.39, 0.29) is 11.8 Å². The lowest BCUT2D eigenvalue weighted by atomic mass is 10.1. The van der Waals surface area contributed by atoms with Crippen LogP contribution in [0.2, 0.25) is 0 Å². The van der Waals surface area contributed by atoms with Crippen molar-refractivity contribution >= 4 is 35.3 Å². The molecule has 5 nitrogen and oxygen atoms in total. The van der Waals surface area contributed by atoms with Crippen LogP contribution >= 0.6 is 11.8 Å². The summed E-state index contributed by atoms with van der Waals surface area (Å²) in [5, 5.41) is 5.64. The molecule has 6 heteroatoms. The van der Waals surface area contributed by atoms with Gasteiger partial charge >= 0.3 is 0 Å². The van der Waals surface area contributed by atoms with E-state index in [2.05, 4.69) is 10.6 Å². The summed E-state index contributed by atoms with van der Waals surface area (Å²) in [7, 11) is 1.58. The van der Waals surface area contributed by atoms with Gasteiger partial charge in [-0.3, -0.25) is 9.59 Å². The van der Waals surface area contributed by atoms with Gasteiger partial charge in [0.25, 0.3) is 11.8 Å². The van der Waals surface area contributed by atoms with E-state index >= 15 is 0 Å². The molecular weight excluding hydrogens is 348 g/mol. The number of carbonyl (C=O) groups excluding carboxylic acids is 2. The topological polar surface area (TPSA) is 67.4 Å². The number of fused-ring (bicyclic) bond motifs is 1. The van der Waals surface area contributed by atoms with E-state index in [1.165, 1.54) is 11.8 Å². The fraction of sp³-hybridized carbons (Fsp3) is 0.200. The van der Waals surface area contributed by atoms with Crippen molar-refractivity contribution in [3.05, 3.63) is 64.1 Å². The van der Waals surface area contributed by atoms with E-state index in [0.717, 1.165) is 16.0 Å². The minimum Gasteiger partial charge on any atom is -0.383 e. The van der Waals surface area contributed by atoms with Crippen LogP contribution in [0.3, 0.4) is 0 Å². The van der Waals surface area contributed by atoms with E-state index < -0.39 is 0 Å². The van der Waals surface area contributed by atoms with Gasteiger partial charge in [-0.05, 0) is 36.8 Å². The van der Waals surface area contributed by atoms with Gasteiger partial charge in [0.1, 0.15) is 0 Å². The Kier molecular flexibility index (Phi) is 5.75. The van der Waals surface area contributed by atoms with E-state index in [1.54, 1.807) is 19.2 Å². The fourth-order valence-corrected chi connectivity index (χ4v) is 3.51. The Balaban J connectivity index is 1.78. The third-order valence-corrected chi connectivity index (χ3v) is 4.96. The van der Waals surface area contributed by atoms with E-state index in [4.69, 9.17) is 4.74 Å². The second-order valence-electron chi connectivity index (χ2n) is 5.94. The average Bonchev–Trinajstić information content (AvgIpc) is 2.62. The van der Waals surface area contributed by atoms with Crippen molar-refractivity contribution in [2.24, 2.45) is 0 Å². The van der Waals surface area contributed by atoms with Gasteiger partial charge in [-0.25, -0.2) is 0 Å². The largest absolute Gasteiger partial charge is 0.383 e. The number of rotatable bonds is 5. The van der Waals surface area contributed by atoms with Crippen molar-refractivity contribution in [1.29, 1.82) is 0 Å². The number of hydrogen-bond donors (Lipinski definition) is 2. The first kappa shape index (κ1) is 18.2. The van der Waals surface area contributed by atoms with Gasteiger partial charge < -0.3 is 15.4 Å². The van der Waals surface area contributed by atoms with Gasteiger partial charge in [0.2, 0.25) is 0 Å². The Morgan fingerprint density at radius 1 is 1.27 bits per heavy atom. The molecule has 0 fully saturated rings. The first-order valence-electron chi connectivity index (χ1n) is 8.25. The summed E-state index contributed by atoms with van der Waals surface area (Å²) in [6.07, 6.45) is 1.88. The third kappa shape index (κ3) is 4.33. The van der Waals surface area contributed by atoms with Gasteiger partial charge in [-0.15, -0.1) is 0 Å². The molecule has 1 aliphatic heterocycles. The Morgan fingerprint density at radius 3 is 2.88 bits per heavy atom. The average molecular weight is 368 g/mol. The first-order valence-corrected chi connectivity index (χ1v) is 9.07. The number of anilines is 1. The lowest BCUT2D eigenvalue weighted by Gasteiger charge is -2.19. The summed E-state index contributed by atoms with van der Waals surface area (Å²) in [4.78, 5) is 26.1. The summed E-state index contributed by atoms with van der Waals surface area (Å²) >= 11 is 1.41. The maximum absolute atomic E-state index is 12.4. The number of nitrogens with one attached hydrogen (secondary N) is 2. The highest BCUT2D eigenvalue weighted by Crippen LogP contribution is 2.39. The van der Waals surface area contributed by atoms with Crippen LogP contribution in [0, 0.1) is 6.92 Å². The van der Waals surface area contributed by atoms with Crippen LogP contribution < -0.4 is 10.6 Å². The molecule has 26 heavy (non-hydrogen) atoms. The van der Waals surface area contributed by atoms with Gasteiger partial charge in [0.15, 0.2) is 0 Å². The lowest BCUT2D eigenvalue weighted by Crippen LogP contribution is -2.27. The Morgan fingerprint density at radius 2 is 2.12 bits per heavy atom. The smallest absolute Gasteiger partial charge is 0.262 e. The summed E-state index contributed by atoms with van der Waals surface area (Å²) in [5.41, 5.74) is 3.29. The zero-order chi connectivity index (χ0) is 18.5. The van der Waals surface area contributed by atoms with Gasteiger partial charge in [0.05, 0.1) is 17.2 Å². The van der Waals surface area contributed by atoms with Crippen LogP contribution in [0.4, 0.5) is 5.69 Å². The van der Waals surface area contributed by atoms with Crippen molar-refractivity contribution in [3.8, 4) is 0 Å². The molecule has 134 valence electrons. The molecule has 0 saturated carbocycles. The molecule has 2 aromatic carbocycles. The fourth-order valence-electron chi connectivity index (χ4n) is 2.58. The number of thioether (sulfide) groups is 1. The highest BCUT2D eigenvalue weighted by Gasteiger charge is 2.22. The maximum atomic E-state index is 12.4. The molecule has 2 amide bonds. The van der Waals surface area contributed by atoms with Crippen molar-refractivity contribution in [3.63, 3.8) is 0 Å². The minimum absolute atomic E-state index is 0.166. The lowest BCUT2D eigenvalue weighted by molar-refractivity contribution is -0.112. The molecule has 0 unspecified atom stereocenters. The number of benzene rings is 2. The number of aryl methyl sites for hydroxylation is 1. The van der Waals surface area contributed by atoms with Crippen molar-refractivity contribution in [2.75, 3.05) is 25.6 Å². The molecule has 0 aromatic heterocycles. The zero-order valence-electron chi connectivity index (χ0n) is 14.7. The predicted molar refractivity (Wildman–Crippen MR) is 104 cm³/mol. The molecule has 1 heterocycles. The predicted octanol–water partition coefficient (Wildman–Crippen LogP) is 3.46. The summed E-state index contributed by atoms with van der Waals surface area (Å²) in [6, 6.07) is 13.3. The van der Waals surface area contributed by atoms with Crippen molar-refractivity contribution in [1.82, 2.24) is 5.32 Å². The number of ether oxygens (including phenoxy) is 1. The number of methoxy groups -OCH3 is 1. The highest BCUT2D eigenvalue weighted by molar-refractivity contribution is 8.04. The van der Waals surface area contributed by atoms with E-state index in [1.807, 2.05) is 43.3 Å². The minimum atomic E-state index is -0.190. The monoisotopic (exact) mass is 368 g/mol. The standard InChI is InChI=1S/C20H20N2O3S/c1-13-4-3-5-14(10-13)11-18-20(24)22-16-12-15(6-7-17(16)26-18)19(23)21-8-9-25-2/h3-7,10-12H,8-9H2,1-2H3,(H,21,23)(H,22,24)/b18-11+. The van der Waals surface area contributed by atoms with Gasteiger partial charge in [-0.1, -0.05) is 41.6 Å². The van der Waals surface area contributed by atoms with Crippen LogP contribution in [-0.2, 0) is 9.53 Å². The molecule has 0 atom stereocenters. The maximum Gasteiger partial charge on any atom is 0.262 e. The molecule has 3 rings (SSSR count). The first-order chi connectivity index (χ1) is 12.6. The third-order valence-electron chi connectivity index (χ3n) is 3.87. The highest BCUT2D eigenvalue weighted by atomic mass is 32.2. The molecular formula is C20H20N2O3S. The van der Waals surface area contributed by atoms with Crippen LogP contribution in [0.25, 0.3) is 6.08 Å². The molecule has 2 aromatic rings. The van der Waals surface area contributed by atoms with E-state index in [9.17, 15) is 9.59 Å². The molecule has 0 aliphatic carbocycles. The molecule has 0 saturated heterocycles. The molecule has 1 aliphatic rings. The Labute approximate surface area is 156 Å². The van der Waals surface area contributed by atoms with Gasteiger partial charge in [-0.2, -0.15) is 0 Å². The summed E-state index contributed by atoms with van der Waals surface area (Å²) in [5.74, 6) is -0.355. The number of amides is 2. The number of hydrogen-bond acceptors (Lipinski definition) is 4. The Bertz CT molecular complexity index is 877. The normalized spacial score (nSPS) is 14.7. The second kappa shape index (κ2) is 8.21.